The van der Waals surface area contributed by atoms with Crippen molar-refractivity contribution in [2.45, 2.75) is 32.8 Å². The normalized spacial score (nSPS) is 25.4. The first-order chi connectivity index (χ1) is 8.59. The van der Waals surface area contributed by atoms with E-state index >= 15 is 0 Å². The molecule has 0 radical (unpaired) electrons. The molecule has 3 nitrogen and oxygen atoms in total. The summed E-state index contributed by atoms with van der Waals surface area (Å²) in [6.45, 7) is 4.99. The molecule has 96 valence electrons. The van der Waals surface area contributed by atoms with E-state index in [1.54, 1.807) is 0 Å². The Morgan fingerprint density at radius 1 is 1.44 bits per heavy atom. The average Bonchev–Trinajstić information content (AvgIpc) is 2.39. The Hall–Kier alpha value is -1.37. The first kappa shape index (κ1) is 13.1. The zero-order valence-electron chi connectivity index (χ0n) is 10.9. The lowest BCUT2D eigenvalue weighted by atomic mass is 9.75. The van der Waals surface area contributed by atoms with E-state index in [0.717, 1.165) is 23.1 Å². The number of aliphatic hydroxyl groups is 1. The molecule has 1 aliphatic heterocycles. The number of benzene rings is 1. The van der Waals surface area contributed by atoms with Crippen LogP contribution in [0.2, 0.25) is 0 Å². The van der Waals surface area contributed by atoms with Gasteiger partial charge in [-0.1, -0.05) is 23.8 Å². The highest BCUT2D eigenvalue weighted by atomic mass is 16.5. The molecular formula is C15H19NO2. The minimum absolute atomic E-state index is 0.317. The number of aryl methyl sites for hydroxylation is 2. The molecule has 3 heteroatoms. The average molecular weight is 245 g/mol. The SMILES string of the molecule is Cc1ccc(C(O)C2(C#N)CCCOC2)c(C)c1. The van der Waals surface area contributed by atoms with E-state index in [1.807, 2.05) is 32.0 Å². The largest absolute Gasteiger partial charge is 0.387 e. The maximum absolute atomic E-state index is 10.6. The van der Waals surface area contributed by atoms with E-state index in [1.165, 1.54) is 0 Å². The van der Waals surface area contributed by atoms with E-state index in [4.69, 9.17) is 4.74 Å². The molecule has 1 saturated heterocycles. The number of hydrogen-bond donors (Lipinski definition) is 1. The van der Waals surface area contributed by atoms with Crippen LogP contribution in [0.1, 0.15) is 35.6 Å². The molecule has 0 saturated carbocycles. The molecule has 0 amide bonds. The fourth-order valence-electron chi connectivity index (χ4n) is 2.61. The summed E-state index contributed by atoms with van der Waals surface area (Å²) in [5.41, 5.74) is 2.24. The summed E-state index contributed by atoms with van der Waals surface area (Å²) in [4.78, 5) is 0. The summed E-state index contributed by atoms with van der Waals surface area (Å²) >= 11 is 0. The third-order valence-electron chi connectivity index (χ3n) is 3.74. The zero-order chi connectivity index (χ0) is 13.2. The Bertz CT molecular complexity index is 470. The summed E-state index contributed by atoms with van der Waals surface area (Å²) in [6.07, 6.45) is 0.747. The van der Waals surface area contributed by atoms with Gasteiger partial charge < -0.3 is 9.84 Å². The molecule has 1 aliphatic rings. The summed E-state index contributed by atoms with van der Waals surface area (Å²) in [6, 6.07) is 8.21. The van der Waals surface area contributed by atoms with Crippen LogP contribution in [-0.2, 0) is 4.74 Å². The summed E-state index contributed by atoms with van der Waals surface area (Å²) in [5.74, 6) is 0. The van der Waals surface area contributed by atoms with Gasteiger partial charge in [0.25, 0.3) is 0 Å². The first-order valence-corrected chi connectivity index (χ1v) is 6.33. The fraction of sp³-hybridized carbons (Fsp3) is 0.533. The van der Waals surface area contributed by atoms with Crippen molar-refractivity contribution in [1.29, 1.82) is 5.26 Å². The van der Waals surface area contributed by atoms with E-state index < -0.39 is 11.5 Å². The van der Waals surface area contributed by atoms with Crippen LogP contribution in [0, 0.1) is 30.6 Å². The van der Waals surface area contributed by atoms with E-state index in [9.17, 15) is 10.4 Å². The maximum atomic E-state index is 10.6. The molecule has 1 fully saturated rings. The second-order valence-electron chi connectivity index (χ2n) is 5.19. The van der Waals surface area contributed by atoms with Gasteiger partial charge in [0.15, 0.2) is 0 Å². The number of nitrogens with zero attached hydrogens (tertiary/aromatic N) is 1. The summed E-state index contributed by atoms with van der Waals surface area (Å²) < 4.78 is 5.40. The third kappa shape index (κ3) is 2.27. The first-order valence-electron chi connectivity index (χ1n) is 6.33. The summed E-state index contributed by atoms with van der Waals surface area (Å²) in [5, 5.41) is 20.0. The van der Waals surface area contributed by atoms with E-state index in [-0.39, 0.29) is 0 Å². The third-order valence-corrected chi connectivity index (χ3v) is 3.74. The molecule has 18 heavy (non-hydrogen) atoms. The van der Waals surface area contributed by atoms with E-state index in [2.05, 4.69) is 6.07 Å². The van der Waals surface area contributed by atoms with Gasteiger partial charge in [0, 0.05) is 6.61 Å². The molecule has 1 aromatic rings. The van der Waals surface area contributed by atoms with Gasteiger partial charge in [-0.15, -0.1) is 0 Å². The highest BCUT2D eigenvalue weighted by Crippen LogP contribution is 2.41. The molecule has 2 rings (SSSR count). The Morgan fingerprint density at radius 3 is 2.78 bits per heavy atom. The minimum Gasteiger partial charge on any atom is -0.387 e. The van der Waals surface area contributed by atoms with Crippen LogP contribution < -0.4 is 0 Å². The number of rotatable bonds is 2. The van der Waals surface area contributed by atoms with Crippen LogP contribution in [0.5, 0.6) is 0 Å². The van der Waals surface area contributed by atoms with Gasteiger partial charge in [-0.05, 0) is 37.8 Å². The maximum Gasteiger partial charge on any atom is 0.111 e. The molecular weight excluding hydrogens is 226 g/mol. The molecule has 1 aromatic carbocycles. The number of nitriles is 1. The van der Waals surface area contributed by atoms with Crippen LogP contribution in [0.3, 0.4) is 0 Å². The predicted octanol–water partition coefficient (Wildman–Crippen LogP) is 2.66. The quantitative estimate of drug-likeness (QED) is 0.871. The molecule has 0 bridgehead atoms. The van der Waals surface area contributed by atoms with Crippen LogP contribution >= 0.6 is 0 Å². The van der Waals surface area contributed by atoms with Crippen molar-refractivity contribution < 1.29 is 9.84 Å². The van der Waals surface area contributed by atoms with Crippen molar-refractivity contribution in [3.63, 3.8) is 0 Å². The minimum atomic E-state index is -0.793. The van der Waals surface area contributed by atoms with Crippen LogP contribution in [0.15, 0.2) is 18.2 Å². The number of ether oxygens (including phenoxy) is 1. The van der Waals surface area contributed by atoms with Crippen molar-refractivity contribution >= 4 is 0 Å². The molecule has 2 atom stereocenters. The summed E-state index contributed by atoms with van der Waals surface area (Å²) in [7, 11) is 0. The smallest absolute Gasteiger partial charge is 0.111 e. The second-order valence-corrected chi connectivity index (χ2v) is 5.19. The Kier molecular flexibility index (Phi) is 3.70. The lowest BCUT2D eigenvalue weighted by Gasteiger charge is -2.35. The molecule has 0 spiro atoms. The molecule has 1 heterocycles. The Morgan fingerprint density at radius 2 is 2.22 bits per heavy atom. The van der Waals surface area contributed by atoms with Crippen molar-refractivity contribution in [3.05, 3.63) is 34.9 Å². The molecule has 0 aromatic heterocycles. The van der Waals surface area contributed by atoms with Gasteiger partial charge in [-0.3, -0.25) is 0 Å². The van der Waals surface area contributed by atoms with Crippen molar-refractivity contribution in [2.75, 3.05) is 13.2 Å². The topological polar surface area (TPSA) is 53.2 Å². The number of aliphatic hydroxyl groups excluding tert-OH is 1. The van der Waals surface area contributed by atoms with Gasteiger partial charge >= 0.3 is 0 Å². The van der Waals surface area contributed by atoms with Gasteiger partial charge in [0.2, 0.25) is 0 Å². The van der Waals surface area contributed by atoms with Crippen LogP contribution in [-0.4, -0.2) is 18.3 Å². The Balaban J connectivity index is 2.34. The standard InChI is InChI=1S/C15H19NO2/c1-11-4-5-13(12(2)8-11)14(17)15(9-16)6-3-7-18-10-15/h4-5,8,14,17H,3,6-7,10H2,1-2H3. The van der Waals surface area contributed by atoms with Gasteiger partial charge in [0.05, 0.1) is 12.7 Å². The predicted molar refractivity (Wildman–Crippen MR) is 69.0 cm³/mol. The zero-order valence-corrected chi connectivity index (χ0v) is 10.9. The van der Waals surface area contributed by atoms with Crippen molar-refractivity contribution in [2.24, 2.45) is 5.41 Å². The molecule has 2 unspecified atom stereocenters. The highest BCUT2D eigenvalue weighted by Gasteiger charge is 2.41. The molecule has 0 aliphatic carbocycles. The van der Waals surface area contributed by atoms with Gasteiger partial charge in [0.1, 0.15) is 11.5 Å². The van der Waals surface area contributed by atoms with Crippen LogP contribution in [0.25, 0.3) is 0 Å². The lowest BCUT2D eigenvalue weighted by molar-refractivity contribution is -0.0507. The van der Waals surface area contributed by atoms with Gasteiger partial charge in [-0.2, -0.15) is 5.26 Å². The van der Waals surface area contributed by atoms with E-state index in [0.29, 0.717) is 19.6 Å². The fourth-order valence-corrected chi connectivity index (χ4v) is 2.61. The monoisotopic (exact) mass is 245 g/mol. The second kappa shape index (κ2) is 5.09. The van der Waals surface area contributed by atoms with Crippen molar-refractivity contribution in [3.8, 4) is 6.07 Å². The lowest BCUT2D eigenvalue weighted by Crippen LogP contribution is -2.36. The van der Waals surface area contributed by atoms with Crippen molar-refractivity contribution in [1.82, 2.24) is 0 Å². The Labute approximate surface area is 108 Å². The molecule has 1 N–H and O–H groups in total. The highest BCUT2D eigenvalue weighted by molar-refractivity contribution is 5.34. The van der Waals surface area contributed by atoms with Gasteiger partial charge in [-0.25, -0.2) is 0 Å². The van der Waals surface area contributed by atoms with Crippen LogP contribution in [0.4, 0.5) is 0 Å². The number of hydrogen-bond acceptors (Lipinski definition) is 3.